The van der Waals surface area contributed by atoms with E-state index in [1.807, 2.05) is 222 Å². The SMILES string of the molecule is CC.CC.CC.CC.CC.CC.CC.Cc1cccc(C)c1.Cc1cccc(C)n1.Cc1ccnc(C)c1.Cc1ccnc(C)n1.Cc1cncc(C)c1.Cc1cncc(C)n1.Cc1ncnc(C)n1. The van der Waals surface area contributed by atoms with Gasteiger partial charge in [-0.3, -0.25) is 24.9 Å². The molecule has 0 fully saturated rings. The summed E-state index contributed by atoms with van der Waals surface area (Å²) in [6, 6.07) is 22.5. The molecule has 0 N–H and O–H groups in total. The van der Waals surface area contributed by atoms with Crippen LogP contribution in [0, 0.1) is 96.9 Å². The molecule has 0 amide bonds. The number of benzene rings is 1. The largest absolute Gasteiger partial charge is 0.264 e. The number of aromatic nitrogens is 10. The molecule has 0 spiro atoms. The Balaban J connectivity index is -0.000000127. The lowest BCUT2D eigenvalue weighted by Gasteiger charge is -1.90. The van der Waals surface area contributed by atoms with Crippen molar-refractivity contribution in [1.29, 1.82) is 0 Å². The molecular weight excluding hydrogens is 861 g/mol. The molecule has 0 bridgehead atoms. The molecule has 7 rings (SSSR count). The van der Waals surface area contributed by atoms with Gasteiger partial charge in [-0.25, -0.2) is 24.9 Å². The van der Waals surface area contributed by atoms with E-state index in [2.05, 4.69) is 107 Å². The van der Waals surface area contributed by atoms with Crippen molar-refractivity contribution in [3.8, 4) is 0 Å². The van der Waals surface area contributed by atoms with Gasteiger partial charge in [-0.15, -0.1) is 0 Å². The molecule has 70 heavy (non-hydrogen) atoms. The van der Waals surface area contributed by atoms with Crippen LogP contribution in [0.4, 0.5) is 0 Å². The molecule has 0 aliphatic heterocycles. The summed E-state index contributed by atoms with van der Waals surface area (Å²) >= 11 is 0. The van der Waals surface area contributed by atoms with Crippen molar-refractivity contribution in [1.82, 2.24) is 49.8 Å². The molecule has 0 unspecified atom stereocenters. The van der Waals surface area contributed by atoms with Gasteiger partial charge in [0, 0.05) is 60.0 Å². The van der Waals surface area contributed by atoms with Crippen LogP contribution in [0.2, 0.25) is 0 Å². The summed E-state index contributed by atoms with van der Waals surface area (Å²) in [4.78, 5) is 39.8. The van der Waals surface area contributed by atoms with E-state index in [4.69, 9.17) is 0 Å². The first-order chi connectivity index (χ1) is 33.5. The molecule has 6 aromatic heterocycles. The third-order valence-corrected chi connectivity index (χ3v) is 6.87. The molecule has 0 saturated heterocycles. The number of hydrogen-bond acceptors (Lipinski definition) is 10. The Kier molecular flexibility index (Phi) is 65.7. The lowest BCUT2D eigenvalue weighted by Crippen LogP contribution is -1.91. The topological polar surface area (TPSA) is 129 Å². The Bertz CT molecular complexity index is 1590. The average Bonchev–Trinajstić information content (AvgIpc) is 3.34. The second-order valence-electron chi connectivity index (χ2n) is 13.2. The fourth-order valence-corrected chi connectivity index (χ4v) is 4.53. The number of hydrogen-bond donors (Lipinski definition) is 0. The molecule has 0 aliphatic carbocycles. The predicted molar refractivity (Wildman–Crippen MR) is 309 cm³/mol. The van der Waals surface area contributed by atoms with Gasteiger partial charge >= 0.3 is 0 Å². The first kappa shape index (κ1) is 78.0. The second-order valence-corrected chi connectivity index (χ2v) is 13.2. The van der Waals surface area contributed by atoms with Crippen LogP contribution in [-0.2, 0) is 0 Å². The smallest absolute Gasteiger partial charge is 0.129 e. The fraction of sp³-hybridized carbons (Fsp3) is 0.467. The Morgan fingerprint density at radius 1 is 0.257 bits per heavy atom. The van der Waals surface area contributed by atoms with Gasteiger partial charge in [0.1, 0.15) is 23.8 Å². The highest BCUT2D eigenvalue weighted by molar-refractivity contribution is 5.20. The van der Waals surface area contributed by atoms with Gasteiger partial charge in [0.25, 0.3) is 0 Å². The summed E-state index contributed by atoms with van der Waals surface area (Å²) in [5.41, 5.74) is 12.6. The molecular formula is C60H102N10. The van der Waals surface area contributed by atoms with E-state index < -0.39 is 0 Å². The zero-order valence-electron chi connectivity index (χ0n) is 49.9. The zero-order valence-corrected chi connectivity index (χ0v) is 49.9. The maximum absolute atomic E-state index is 4.17. The highest BCUT2D eigenvalue weighted by atomic mass is 15.0. The van der Waals surface area contributed by atoms with Crippen LogP contribution in [0.25, 0.3) is 0 Å². The molecule has 0 aliphatic rings. The van der Waals surface area contributed by atoms with Crippen LogP contribution in [0.15, 0.2) is 110 Å². The van der Waals surface area contributed by atoms with Gasteiger partial charge < -0.3 is 0 Å². The standard InChI is InChI=1S/C8H10.3C7H9N.2C6H8N2.C5H7N3.7C2H6/c1-7-4-3-5-8(2)6-7;1-6-3-7(2)5-8-4-6;1-6-3-4-8-7(2)5-6;1-6-4-3-5-7(2)8-6;1-5-3-7-4-6(2)8-5;1-5-3-4-7-6(2)8-5;1-4-6-3-7-5(2)8-4;7*1-2/h3-6H,1-2H3;3*3-5H,1-2H3;2*3-4H,1-2H3;3H,1-2H3;7*1-2H3. The van der Waals surface area contributed by atoms with Gasteiger partial charge in [-0.1, -0.05) is 144 Å². The summed E-state index contributed by atoms with van der Waals surface area (Å²) in [6.07, 6.45) is 12.3. The Labute approximate surface area is 431 Å². The summed E-state index contributed by atoms with van der Waals surface area (Å²) in [5, 5.41) is 0. The minimum absolute atomic E-state index is 0.775. The molecule has 0 atom stereocenters. The molecule has 10 nitrogen and oxygen atoms in total. The Hall–Kier alpha value is -6.16. The third-order valence-electron chi connectivity index (χ3n) is 6.87. The zero-order chi connectivity index (χ0) is 55.9. The number of rotatable bonds is 0. The average molecular weight is 964 g/mol. The van der Waals surface area contributed by atoms with Crippen molar-refractivity contribution in [2.75, 3.05) is 0 Å². The lowest BCUT2D eigenvalue weighted by atomic mass is 10.2. The van der Waals surface area contributed by atoms with E-state index in [9.17, 15) is 0 Å². The molecule has 0 radical (unpaired) electrons. The number of nitrogens with zero attached hydrogens (tertiary/aromatic N) is 10. The first-order valence-corrected chi connectivity index (χ1v) is 25.4. The molecule has 10 heteroatoms. The van der Waals surface area contributed by atoms with Crippen LogP contribution in [0.5, 0.6) is 0 Å². The van der Waals surface area contributed by atoms with Gasteiger partial charge in [-0.05, 0) is 144 Å². The van der Waals surface area contributed by atoms with Crippen molar-refractivity contribution in [3.63, 3.8) is 0 Å². The normalized spacial score (nSPS) is 8.00. The molecule has 7 aromatic rings. The van der Waals surface area contributed by atoms with E-state index in [1.54, 1.807) is 18.6 Å². The van der Waals surface area contributed by atoms with Crippen molar-refractivity contribution in [2.45, 2.75) is 194 Å². The van der Waals surface area contributed by atoms with Crippen LogP contribution >= 0.6 is 0 Å². The molecule has 6 heterocycles. The Morgan fingerprint density at radius 2 is 0.600 bits per heavy atom. The monoisotopic (exact) mass is 963 g/mol. The highest BCUT2D eigenvalue weighted by Gasteiger charge is 1.87. The second kappa shape index (κ2) is 59.0. The lowest BCUT2D eigenvalue weighted by molar-refractivity contribution is 0.920. The summed E-state index contributed by atoms with van der Waals surface area (Å²) in [6.45, 7) is 55.7. The maximum Gasteiger partial charge on any atom is 0.129 e. The fourth-order valence-electron chi connectivity index (χ4n) is 4.53. The van der Waals surface area contributed by atoms with E-state index in [1.165, 1.54) is 34.1 Å². The van der Waals surface area contributed by atoms with Gasteiger partial charge in [0.05, 0.1) is 11.4 Å². The quantitative estimate of drug-likeness (QED) is 0.145. The predicted octanol–water partition coefficient (Wildman–Crippen LogP) is 17.3. The molecule has 1 aromatic carbocycles. The van der Waals surface area contributed by atoms with Crippen molar-refractivity contribution < 1.29 is 0 Å². The van der Waals surface area contributed by atoms with Crippen LogP contribution < -0.4 is 0 Å². The van der Waals surface area contributed by atoms with E-state index in [0.29, 0.717) is 0 Å². The minimum Gasteiger partial charge on any atom is -0.264 e. The van der Waals surface area contributed by atoms with Crippen LogP contribution in [-0.4, -0.2) is 49.8 Å². The maximum atomic E-state index is 4.17. The van der Waals surface area contributed by atoms with Crippen molar-refractivity contribution >= 4 is 0 Å². The highest BCUT2D eigenvalue weighted by Crippen LogP contribution is 2.00. The summed E-state index contributed by atoms with van der Waals surface area (Å²) in [5.74, 6) is 2.39. The van der Waals surface area contributed by atoms with E-state index >= 15 is 0 Å². The Morgan fingerprint density at radius 3 is 0.829 bits per heavy atom. The van der Waals surface area contributed by atoms with Crippen LogP contribution in [0.3, 0.4) is 0 Å². The van der Waals surface area contributed by atoms with E-state index in [0.717, 1.165) is 51.6 Å². The summed E-state index contributed by atoms with van der Waals surface area (Å²) < 4.78 is 0. The minimum atomic E-state index is 0.775. The van der Waals surface area contributed by atoms with Gasteiger partial charge in [0.15, 0.2) is 0 Å². The number of pyridine rings is 3. The van der Waals surface area contributed by atoms with E-state index in [-0.39, 0.29) is 0 Å². The first-order valence-electron chi connectivity index (χ1n) is 25.4. The van der Waals surface area contributed by atoms with Crippen molar-refractivity contribution in [3.05, 3.63) is 190 Å². The molecule has 0 saturated carbocycles. The van der Waals surface area contributed by atoms with Gasteiger partial charge in [0.2, 0.25) is 0 Å². The third kappa shape index (κ3) is 56.2. The summed E-state index contributed by atoms with van der Waals surface area (Å²) in [7, 11) is 0. The van der Waals surface area contributed by atoms with Crippen molar-refractivity contribution in [2.24, 2.45) is 0 Å². The van der Waals surface area contributed by atoms with Crippen LogP contribution in [0.1, 0.15) is 176 Å². The van der Waals surface area contributed by atoms with Gasteiger partial charge in [-0.2, -0.15) is 0 Å². The molecule has 392 valence electrons. The number of aryl methyl sites for hydroxylation is 14.